The molecule has 0 saturated heterocycles. The number of hydrogen-bond donors (Lipinski definition) is 2. The van der Waals surface area contributed by atoms with Gasteiger partial charge in [-0.05, 0) is 54.0 Å². The van der Waals surface area contributed by atoms with Crippen molar-refractivity contribution >= 4 is 43.2 Å². The van der Waals surface area contributed by atoms with Gasteiger partial charge in [-0.2, -0.15) is 0 Å². The molecule has 2 aromatic rings. The summed E-state index contributed by atoms with van der Waals surface area (Å²) in [4.78, 5) is 12.4. The van der Waals surface area contributed by atoms with E-state index in [9.17, 15) is 17.6 Å². The Balaban J connectivity index is 2.28. The first-order valence-corrected chi connectivity index (χ1v) is 9.71. The lowest BCUT2D eigenvalue weighted by molar-refractivity contribution is 0.101. The van der Waals surface area contributed by atoms with Crippen LogP contribution in [0.2, 0.25) is 0 Å². The van der Waals surface area contributed by atoms with E-state index in [0.29, 0.717) is 5.69 Å². The van der Waals surface area contributed by atoms with Crippen molar-refractivity contribution in [2.75, 3.05) is 16.3 Å². The Kier molecular flexibility index (Phi) is 5.34. The van der Waals surface area contributed by atoms with Gasteiger partial charge in [0.1, 0.15) is 11.5 Å². The lowest BCUT2D eigenvalue weighted by Crippen LogP contribution is -2.18. The maximum Gasteiger partial charge on any atom is 0.272 e. The van der Waals surface area contributed by atoms with Crippen molar-refractivity contribution in [3.63, 3.8) is 0 Å². The summed E-state index contributed by atoms with van der Waals surface area (Å²) in [6, 6.07) is 5.42. The van der Waals surface area contributed by atoms with Crippen LogP contribution >= 0.6 is 15.9 Å². The summed E-state index contributed by atoms with van der Waals surface area (Å²) in [5.41, 5.74) is 0.481. The number of amides is 1. The summed E-state index contributed by atoms with van der Waals surface area (Å²) in [5, 5.41) is 2.64. The molecule has 130 valence electrons. The highest BCUT2D eigenvalue weighted by Gasteiger charge is 2.16. The van der Waals surface area contributed by atoms with Crippen LogP contribution < -0.4 is 10.0 Å². The molecule has 1 aromatic carbocycles. The fourth-order valence-electron chi connectivity index (χ4n) is 2.13. The standard InChI is InChI=1S/C15H17BrFN3O3S/c1-9(2)20-8-10(16)6-14(20)15(21)18-11-4-5-12(17)13(7-11)19-24(3,22)23/h4-9,19H,1-3H3,(H,18,21). The molecule has 0 aliphatic rings. The van der Waals surface area contributed by atoms with Crippen LogP contribution in [0.5, 0.6) is 0 Å². The maximum atomic E-state index is 13.7. The van der Waals surface area contributed by atoms with Gasteiger partial charge in [-0.1, -0.05) is 0 Å². The Hall–Kier alpha value is -1.87. The summed E-state index contributed by atoms with van der Waals surface area (Å²) in [6.45, 7) is 3.88. The zero-order valence-corrected chi connectivity index (χ0v) is 15.7. The van der Waals surface area contributed by atoms with Gasteiger partial charge in [0.05, 0.1) is 11.9 Å². The third kappa shape index (κ3) is 4.57. The van der Waals surface area contributed by atoms with Crippen LogP contribution in [-0.2, 0) is 10.0 Å². The number of rotatable bonds is 5. The number of carbonyl (C=O) groups excluding carboxylic acids is 1. The number of sulfonamides is 1. The lowest BCUT2D eigenvalue weighted by atomic mass is 10.2. The van der Waals surface area contributed by atoms with E-state index in [0.717, 1.165) is 16.8 Å². The molecule has 0 bridgehead atoms. The highest BCUT2D eigenvalue weighted by Crippen LogP contribution is 2.23. The molecule has 9 heteroatoms. The molecule has 0 spiro atoms. The molecule has 1 heterocycles. The molecule has 24 heavy (non-hydrogen) atoms. The van der Waals surface area contributed by atoms with E-state index in [2.05, 4.69) is 26.0 Å². The number of nitrogens with one attached hydrogen (secondary N) is 2. The second-order valence-corrected chi connectivity index (χ2v) is 8.23. The number of benzene rings is 1. The van der Waals surface area contributed by atoms with Crippen LogP contribution in [0.25, 0.3) is 0 Å². The van der Waals surface area contributed by atoms with Crippen molar-refractivity contribution < 1.29 is 17.6 Å². The first-order valence-electron chi connectivity index (χ1n) is 7.03. The summed E-state index contributed by atoms with van der Waals surface area (Å²) in [5.74, 6) is -1.11. The molecule has 0 unspecified atom stereocenters. The Morgan fingerprint density at radius 2 is 1.96 bits per heavy atom. The highest BCUT2D eigenvalue weighted by atomic mass is 79.9. The fourth-order valence-corrected chi connectivity index (χ4v) is 3.12. The van der Waals surface area contributed by atoms with Crippen LogP contribution in [0.1, 0.15) is 30.4 Å². The first-order chi connectivity index (χ1) is 11.1. The van der Waals surface area contributed by atoms with Crippen molar-refractivity contribution in [1.29, 1.82) is 0 Å². The minimum Gasteiger partial charge on any atom is -0.340 e. The first kappa shape index (κ1) is 18.5. The Morgan fingerprint density at radius 3 is 2.54 bits per heavy atom. The summed E-state index contributed by atoms with van der Waals surface area (Å²) < 4.78 is 40.8. The number of nitrogens with zero attached hydrogens (tertiary/aromatic N) is 1. The Morgan fingerprint density at radius 1 is 1.29 bits per heavy atom. The van der Waals surface area contributed by atoms with Gasteiger partial charge in [-0.15, -0.1) is 0 Å². The predicted octanol–water partition coefficient (Wildman–Crippen LogP) is 3.59. The van der Waals surface area contributed by atoms with Gasteiger partial charge in [0.15, 0.2) is 0 Å². The average molecular weight is 418 g/mol. The van der Waals surface area contributed by atoms with Gasteiger partial charge in [0, 0.05) is 22.4 Å². The Bertz CT molecular complexity index is 878. The van der Waals surface area contributed by atoms with E-state index in [1.54, 1.807) is 16.8 Å². The second kappa shape index (κ2) is 6.94. The van der Waals surface area contributed by atoms with Gasteiger partial charge < -0.3 is 9.88 Å². The molecule has 2 rings (SSSR count). The van der Waals surface area contributed by atoms with Gasteiger partial charge in [0.2, 0.25) is 10.0 Å². The third-order valence-electron chi connectivity index (χ3n) is 3.12. The van der Waals surface area contributed by atoms with E-state index in [1.807, 2.05) is 13.8 Å². The molecule has 0 fully saturated rings. The number of carbonyl (C=O) groups is 1. The zero-order valence-electron chi connectivity index (χ0n) is 13.3. The van der Waals surface area contributed by atoms with Gasteiger partial charge in [-0.25, -0.2) is 12.8 Å². The van der Waals surface area contributed by atoms with Crippen molar-refractivity contribution in [2.24, 2.45) is 0 Å². The molecule has 6 nitrogen and oxygen atoms in total. The normalized spacial score (nSPS) is 11.6. The van der Waals surface area contributed by atoms with E-state index in [1.165, 1.54) is 12.1 Å². The van der Waals surface area contributed by atoms with E-state index < -0.39 is 15.8 Å². The lowest BCUT2D eigenvalue weighted by Gasteiger charge is -2.13. The van der Waals surface area contributed by atoms with E-state index in [-0.39, 0.29) is 23.3 Å². The molecule has 0 radical (unpaired) electrons. The van der Waals surface area contributed by atoms with Crippen LogP contribution in [0.3, 0.4) is 0 Å². The van der Waals surface area contributed by atoms with Gasteiger partial charge in [-0.3, -0.25) is 9.52 Å². The topological polar surface area (TPSA) is 80.2 Å². The average Bonchev–Trinajstić information content (AvgIpc) is 2.83. The molecule has 1 aromatic heterocycles. The Labute approximate surface area is 148 Å². The third-order valence-corrected chi connectivity index (χ3v) is 4.15. The number of aromatic nitrogens is 1. The van der Waals surface area contributed by atoms with Crippen LogP contribution in [0.4, 0.5) is 15.8 Å². The van der Waals surface area contributed by atoms with Gasteiger partial charge >= 0.3 is 0 Å². The molecule has 0 aliphatic carbocycles. The summed E-state index contributed by atoms with van der Waals surface area (Å²) in [6.07, 6.45) is 2.71. The van der Waals surface area contributed by atoms with E-state index in [4.69, 9.17) is 0 Å². The predicted molar refractivity (Wildman–Crippen MR) is 95.3 cm³/mol. The number of hydrogen-bond acceptors (Lipinski definition) is 3. The maximum absolute atomic E-state index is 13.7. The molecule has 0 saturated carbocycles. The SMILES string of the molecule is CC(C)n1cc(Br)cc1C(=O)Nc1ccc(F)c(NS(C)(=O)=O)c1. The molecule has 1 amide bonds. The van der Waals surface area contributed by atoms with Crippen molar-refractivity contribution in [3.05, 3.63) is 46.4 Å². The molecule has 0 aliphatic heterocycles. The molecule has 0 atom stereocenters. The second-order valence-electron chi connectivity index (χ2n) is 5.57. The van der Waals surface area contributed by atoms with Crippen molar-refractivity contribution in [3.8, 4) is 0 Å². The van der Waals surface area contributed by atoms with Crippen LogP contribution in [-0.4, -0.2) is 25.1 Å². The van der Waals surface area contributed by atoms with Gasteiger partial charge in [0.25, 0.3) is 5.91 Å². The molecule has 2 N–H and O–H groups in total. The number of anilines is 2. The van der Waals surface area contributed by atoms with Crippen LogP contribution in [0.15, 0.2) is 34.9 Å². The summed E-state index contributed by atoms with van der Waals surface area (Å²) >= 11 is 3.33. The summed E-state index contributed by atoms with van der Waals surface area (Å²) in [7, 11) is -3.62. The van der Waals surface area contributed by atoms with E-state index >= 15 is 0 Å². The smallest absolute Gasteiger partial charge is 0.272 e. The fraction of sp³-hybridized carbons (Fsp3) is 0.267. The molecular weight excluding hydrogens is 401 g/mol. The monoisotopic (exact) mass is 417 g/mol. The quantitative estimate of drug-likeness (QED) is 0.779. The van der Waals surface area contributed by atoms with Crippen molar-refractivity contribution in [2.45, 2.75) is 19.9 Å². The number of halogens is 2. The van der Waals surface area contributed by atoms with Crippen molar-refractivity contribution in [1.82, 2.24) is 4.57 Å². The minimum atomic E-state index is -3.62. The largest absolute Gasteiger partial charge is 0.340 e. The minimum absolute atomic E-state index is 0.0766. The van der Waals surface area contributed by atoms with Crippen LogP contribution in [0, 0.1) is 5.82 Å². The zero-order chi connectivity index (χ0) is 18.1. The highest BCUT2D eigenvalue weighted by molar-refractivity contribution is 9.10. The molecular formula is C15H17BrFN3O3S.